The molecule has 3 rings (SSSR count). The maximum Gasteiger partial charge on any atom is 0.148 e. The van der Waals surface area contributed by atoms with E-state index >= 15 is 0 Å². The Morgan fingerprint density at radius 1 is 1.18 bits per heavy atom. The van der Waals surface area contributed by atoms with Gasteiger partial charge in [-0.1, -0.05) is 51.1 Å². The maximum atomic E-state index is 14.2. The minimum atomic E-state index is -0.282. The minimum Gasteiger partial charge on any atom is -0.339 e. The summed E-state index contributed by atoms with van der Waals surface area (Å²) in [5.41, 5.74) is 4.27. The normalized spacial score (nSPS) is 10.8. The van der Waals surface area contributed by atoms with Crippen LogP contribution in [0.5, 0.6) is 0 Å². The number of hydrogen-bond donors (Lipinski definition) is 1. The fraction of sp³-hybridized carbons (Fsp3) is 0.304. The summed E-state index contributed by atoms with van der Waals surface area (Å²) in [7, 11) is 0. The number of aryl methyl sites for hydroxylation is 2. The fourth-order valence-corrected chi connectivity index (χ4v) is 3.06. The second-order valence-electron chi connectivity index (χ2n) is 6.96. The lowest BCUT2D eigenvalue weighted by Crippen LogP contribution is -2.02. The summed E-state index contributed by atoms with van der Waals surface area (Å²) in [5, 5.41) is 3.14. The lowest BCUT2D eigenvalue weighted by atomic mass is 10.1. The van der Waals surface area contributed by atoms with Crippen LogP contribution < -0.4 is 5.32 Å². The van der Waals surface area contributed by atoms with Crippen LogP contribution in [-0.4, -0.2) is 14.5 Å². The molecule has 1 N–H and O–H groups in total. The number of hydrogen-bond acceptors (Lipinski definition) is 3. The van der Waals surface area contributed by atoms with Crippen LogP contribution in [0.3, 0.4) is 0 Å². The van der Waals surface area contributed by atoms with E-state index in [1.165, 1.54) is 17.2 Å². The molecule has 5 heteroatoms. The highest BCUT2D eigenvalue weighted by molar-refractivity contribution is 5.73. The van der Waals surface area contributed by atoms with Crippen molar-refractivity contribution in [3.8, 4) is 0 Å². The van der Waals surface area contributed by atoms with Crippen molar-refractivity contribution < 1.29 is 4.39 Å². The summed E-state index contributed by atoms with van der Waals surface area (Å²) < 4.78 is 16.2. The summed E-state index contributed by atoms with van der Waals surface area (Å²) in [5.74, 6) is 0.391. The second-order valence-corrected chi connectivity index (χ2v) is 6.96. The molecule has 28 heavy (non-hydrogen) atoms. The number of rotatable bonds is 9. The fourth-order valence-electron chi connectivity index (χ4n) is 3.06. The smallest absolute Gasteiger partial charge is 0.148 e. The average Bonchev–Trinajstić information content (AvgIpc) is 3.13. The highest BCUT2D eigenvalue weighted by atomic mass is 19.1. The van der Waals surface area contributed by atoms with Gasteiger partial charge in [0.05, 0.1) is 12.0 Å². The number of nitrogens with one attached hydrogen (secondary N) is 1. The number of benzene rings is 1. The molecule has 146 valence electrons. The molecule has 2 aromatic heterocycles. The molecule has 0 fully saturated rings. The van der Waals surface area contributed by atoms with Crippen LogP contribution in [0.4, 0.5) is 10.2 Å². The lowest BCUT2D eigenvalue weighted by Gasteiger charge is -2.09. The molecule has 0 bridgehead atoms. The Labute approximate surface area is 166 Å². The van der Waals surface area contributed by atoms with Gasteiger partial charge in [-0.25, -0.2) is 9.37 Å². The van der Waals surface area contributed by atoms with E-state index in [1.807, 2.05) is 10.8 Å². The van der Waals surface area contributed by atoms with Crippen molar-refractivity contribution in [1.82, 2.24) is 14.5 Å². The van der Waals surface area contributed by atoms with Crippen molar-refractivity contribution in [1.29, 1.82) is 0 Å². The highest BCUT2D eigenvalue weighted by Gasteiger charge is 2.09. The largest absolute Gasteiger partial charge is 0.339 e. The van der Waals surface area contributed by atoms with Crippen LogP contribution in [0.15, 0.2) is 55.6 Å². The van der Waals surface area contributed by atoms with E-state index in [2.05, 4.69) is 60.0 Å². The summed E-state index contributed by atoms with van der Waals surface area (Å²) >= 11 is 0. The Morgan fingerprint density at radius 2 is 2.00 bits per heavy atom. The first kappa shape index (κ1) is 19.8. The molecule has 0 aliphatic carbocycles. The number of nitrogens with zero attached hydrogens (tertiary/aromatic N) is 3. The van der Waals surface area contributed by atoms with Gasteiger partial charge >= 0.3 is 0 Å². The van der Waals surface area contributed by atoms with Gasteiger partial charge in [0, 0.05) is 30.2 Å². The molecule has 0 spiro atoms. The summed E-state index contributed by atoms with van der Waals surface area (Å²) in [6.07, 6.45) is 8.99. The third kappa shape index (κ3) is 5.06. The Bertz CT molecular complexity index is 945. The number of unbranched alkanes of at least 4 members (excludes halogenated alkanes) is 1. The standard InChI is InChI=1S/C23H27FN4/c1-4-6-10-22-21(24)12-20(13-25-22)17(3)27-23-15-28(16-26-23)14-19-9-7-8-18(5-2)11-19/h7-9,11-13,15-16,27H,3-6,10,14H2,1-2H3. The minimum absolute atomic E-state index is 0.282. The molecule has 0 atom stereocenters. The third-order valence-corrected chi connectivity index (χ3v) is 4.71. The topological polar surface area (TPSA) is 42.7 Å². The van der Waals surface area contributed by atoms with E-state index in [-0.39, 0.29) is 5.82 Å². The Hall–Kier alpha value is -2.95. The van der Waals surface area contributed by atoms with Crippen molar-refractivity contribution in [3.63, 3.8) is 0 Å². The van der Waals surface area contributed by atoms with Gasteiger partial charge in [-0.15, -0.1) is 0 Å². The Kier molecular flexibility index (Phi) is 6.58. The van der Waals surface area contributed by atoms with Crippen LogP contribution in [-0.2, 0) is 19.4 Å². The molecule has 2 heterocycles. The van der Waals surface area contributed by atoms with Gasteiger partial charge in [-0.2, -0.15) is 0 Å². The first-order valence-electron chi connectivity index (χ1n) is 9.79. The summed E-state index contributed by atoms with van der Waals surface area (Å²) in [6, 6.07) is 10.0. The first-order chi connectivity index (χ1) is 13.6. The van der Waals surface area contributed by atoms with Crippen LogP contribution in [0, 0.1) is 5.82 Å². The van der Waals surface area contributed by atoms with Gasteiger partial charge in [0.1, 0.15) is 11.6 Å². The van der Waals surface area contributed by atoms with Gasteiger partial charge in [-0.05, 0) is 36.5 Å². The number of pyridine rings is 1. The molecule has 0 aliphatic rings. The predicted molar refractivity (Wildman–Crippen MR) is 113 cm³/mol. The van der Waals surface area contributed by atoms with E-state index in [4.69, 9.17) is 0 Å². The number of aromatic nitrogens is 3. The first-order valence-corrected chi connectivity index (χ1v) is 9.79. The summed E-state index contributed by atoms with van der Waals surface area (Å²) in [4.78, 5) is 8.63. The van der Waals surface area contributed by atoms with Gasteiger partial charge in [0.15, 0.2) is 0 Å². The van der Waals surface area contributed by atoms with Crippen LogP contribution in [0.2, 0.25) is 0 Å². The predicted octanol–water partition coefficient (Wildman–Crippen LogP) is 5.45. The number of imidazole rings is 1. The SMILES string of the molecule is C=C(Nc1cn(Cc2cccc(CC)c2)cn1)c1cnc(CCCC)c(F)c1. The van der Waals surface area contributed by atoms with Crippen molar-refractivity contribution in [2.45, 2.75) is 46.1 Å². The monoisotopic (exact) mass is 378 g/mol. The van der Waals surface area contributed by atoms with Crippen molar-refractivity contribution >= 4 is 11.5 Å². The van der Waals surface area contributed by atoms with Gasteiger partial charge in [-0.3, -0.25) is 4.98 Å². The molecule has 1 aromatic carbocycles. The molecule has 0 radical (unpaired) electrons. The average molecular weight is 378 g/mol. The molecule has 3 aromatic rings. The molecule has 0 unspecified atom stereocenters. The van der Waals surface area contributed by atoms with Crippen LogP contribution in [0.25, 0.3) is 5.70 Å². The zero-order chi connectivity index (χ0) is 19.9. The maximum absolute atomic E-state index is 14.2. The van der Waals surface area contributed by atoms with Gasteiger partial charge in [0.25, 0.3) is 0 Å². The van der Waals surface area contributed by atoms with Crippen molar-refractivity contribution in [2.24, 2.45) is 0 Å². The van der Waals surface area contributed by atoms with Crippen molar-refractivity contribution in [2.75, 3.05) is 5.32 Å². The molecular formula is C23H27FN4. The second kappa shape index (κ2) is 9.31. The molecule has 0 saturated heterocycles. The van der Waals surface area contributed by atoms with E-state index in [0.717, 1.165) is 25.8 Å². The van der Waals surface area contributed by atoms with Gasteiger partial charge < -0.3 is 9.88 Å². The van der Waals surface area contributed by atoms with E-state index in [1.54, 1.807) is 12.5 Å². The zero-order valence-electron chi connectivity index (χ0n) is 16.6. The quantitative estimate of drug-likeness (QED) is 0.538. The summed E-state index contributed by atoms with van der Waals surface area (Å²) in [6.45, 7) is 8.98. The van der Waals surface area contributed by atoms with Gasteiger partial charge in [0.2, 0.25) is 0 Å². The lowest BCUT2D eigenvalue weighted by molar-refractivity contribution is 0.590. The van der Waals surface area contributed by atoms with E-state index in [0.29, 0.717) is 29.2 Å². The molecule has 0 aliphatic heterocycles. The van der Waals surface area contributed by atoms with E-state index in [9.17, 15) is 4.39 Å². The molecule has 4 nitrogen and oxygen atoms in total. The van der Waals surface area contributed by atoms with Crippen LogP contribution in [0.1, 0.15) is 49.1 Å². The highest BCUT2D eigenvalue weighted by Crippen LogP contribution is 2.18. The third-order valence-electron chi connectivity index (χ3n) is 4.71. The number of anilines is 1. The molecule has 0 amide bonds. The molecule has 0 saturated carbocycles. The Balaban J connectivity index is 1.64. The van der Waals surface area contributed by atoms with E-state index < -0.39 is 0 Å². The zero-order valence-corrected chi connectivity index (χ0v) is 16.6. The Morgan fingerprint density at radius 3 is 2.75 bits per heavy atom. The van der Waals surface area contributed by atoms with Crippen LogP contribution >= 0.6 is 0 Å². The van der Waals surface area contributed by atoms with Crippen molar-refractivity contribution in [3.05, 3.63) is 83.8 Å². The number of halogens is 1. The molecular weight excluding hydrogens is 351 g/mol.